The number of halogens is 1. The van der Waals surface area contributed by atoms with E-state index in [2.05, 4.69) is 12.2 Å². The van der Waals surface area contributed by atoms with Crippen molar-refractivity contribution in [3.8, 4) is 0 Å². The summed E-state index contributed by atoms with van der Waals surface area (Å²) in [6.45, 7) is 2.99. The first-order valence-corrected chi connectivity index (χ1v) is 7.25. The summed E-state index contributed by atoms with van der Waals surface area (Å²) in [6, 6.07) is 14.7. The molecule has 0 bridgehead atoms. The molecule has 21 heavy (non-hydrogen) atoms. The summed E-state index contributed by atoms with van der Waals surface area (Å²) < 4.78 is 19.6. The van der Waals surface area contributed by atoms with Crippen LogP contribution in [0.25, 0.3) is 10.8 Å². The Morgan fingerprint density at radius 2 is 1.86 bits per heavy atom. The minimum atomic E-state index is -0.192. The molecular formula is C18H18FNO. The highest BCUT2D eigenvalue weighted by molar-refractivity contribution is 5.87. The summed E-state index contributed by atoms with van der Waals surface area (Å²) in [4.78, 5) is 0. The lowest BCUT2D eigenvalue weighted by atomic mass is 9.96. The number of rotatable bonds is 5. The molecule has 1 N–H and O–H groups in total. The third kappa shape index (κ3) is 2.69. The standard InChI is InChI=1S/C18H18FNO/c1-2-11-20-18(17-8-5-12-21-17)15-9-10-16(19)14-7-4-3-6-13(14)15/h3-10,12,18,20H,2,11H2,1H3. The number of nitrogens with one attached hydrogen (secondary N) is 1. The molecule has 3 aromatic rings. The molecule has 1 atom stereocenters. The van der Waals surface area contributed by atoms with Crippen molar-refractivity contribution in [1.29, 1.82) is 0 Å². The van der Waals surface area contributed by atoms with Crippen LogP contribution in [0, 0.1) is 5.82 Å². The molecule has 0 radical (unpaired) electrons. The molecule has 3 heteroatoms. The molecule has 0 fully saturated rings. The van der Waals surface area contributed by atoms with Gasteiger partial charge >= 0.3 is 0 Å². The lowest BCUT2D eigenvalue weighted by Gasteiger charge is -2.19. The lowest BCUT2D eigenvalue weighted by Crippen LogP contribution is -2.23. The first kappa shape index (κ1) is 13.8. The van der Waals surface area contributed by atoms with Gasteiger partial charge in [0.1, 0.15) is 11.6 Å². The van der Waals surface area contributed by atoms with Gasteiger partial charge in [0.05, 0.1) is 12.3 Å². The Kier molecular flexibility index (Phi) is 4.02. The van der Waals surface area contributed by atoms with Crippen LogP contribution in [0.1, 0.15) is 30.7 Å². The van der Waals surface area contributed by atoms with E-state index in [0.717, 1.165) is 29.7 Å². The summed E-state index contributed by atoms with van der Waals surface area (Å²) in [5, 5.41) is 5.05. The van der Waals surface area contributed by atoms with Crippen LogP contribution in [0.15, 0.2) is 59.2 Å². The van der Waals surface area contributed by atoms with Crippen LogP contribution in [0.5, 0.6) is 0 Å². The van der Waals surface area contributed by atoms with Gasteiger partial charge in [0, 0.05) is 5.39 Å². The Hall–Kier alpha value is -2.13. The van der Waals surface area contributed by atoms with Gasteiger partial charge in [-0.2, -0.15) is 0 Å². The minimum Gasteiger partial charge on any atom is -0.467 e. The Labute approximate surface area is 123 Å². The van der Waals surface area contributed by atoms with E-state index in [1.165, 1.54) is 6.07 Å². The molecular weight excluding hydrogens is 265 g/mol. The monoisotopic (exact) mass is 283 g/mol. The van der Waals surface area contributed by atoms with Crippen molar-refractivity contribution < 1.29 is 8.81 Å². The van der Waals surface area contributed by atoms with Crippen LogP contribution in [0.4, 0.5) is 4.39 Å². The molecule has 0 aliphatic carbocycles. The summed E-state index contributed by atoms with van der Waals surface area (Å²) in [6.07, 6.45) is 2.69. The zero-order valence-corrected chi connectivity index (χ0v) is 12.0. The summed E-state index contributed by atoms with van der Waals surface area (Å²) in [7, 11) is 0. The van der Waals surface area contributed by atoms with Crippen molar-refractivity contribution in [2.75, 3.05) is 6.54 Å². The van der Waals surface area contributed by atoms with E-state index >= 15 is 0 Å². The fourth-order valence-corrected chi connectivity index (χ4v) is 2.65. The van der Waals surface area contributed by atoms with Gasteiger partial charge in [0.15, 0.2) is 0 Å². The molecule has 0 aliphatic rings. The molecule has 2 nitrogen and oxygen atoms in total. The van der Waals surface area contributed by atoms with Gasteiger partial charge in [-0.05, 0) is 42.1 Å². The van der Waals surface area contributed by atoms with Crippen LogP contribution in [-0.4, -0.2) is 6.54 Å². The van der Waals surface area contributed by atoms with Crippen molar-refractivity contribution in [2.45, 2.75) is 19.4 Å². The normalized spacial score (nSPS) is 12.7. The average Bonchev–Trinajstić information content (AvgIpc) is 3.04. The van der Waals surface area contributed by atoms with Crippen LogP contribution in [0.3, 0.4) is 0 Å². The Morgan fingerprint density at radius 3 is 2.57 bits per heavy atom. The molecule has 0 saturated heterocycles. The van der Waals surface area contributed by atoms with Gasteiger partial charge in [-0.3, -0.25) is 0 Å². The van der Waals surface area contributed by atoms with Gasteiger partial charge in [0.25, 0.3) is 0 Å². The van der Waals surface area contributed by atoms with Crippen molar-refractivity contribution in [3.05, 3.63) is 71.9 Å². The highest BCUT2D eigenvalue weighted by Crippen LogP contribution is 2.30. The van der Waals surface area contributed by atoms with Crippen LogP contribution < -0.4 is 5.32 Å². The molecule has 1 heterocycles. The van der Waals surface area contributed by atoms with Gasteiger partial charge in [-0.25, -0.2) is 4.39 Å². The number of hydrogen-bond donors (Lipinski definition) is 1. The minimum absolute atomic E-state index is 0.0644. The molecule has 2 aromatic carbocycles. The van der Waals surface area contributed by atoms with E-state index < -0.39 is 0 Å². The first-order chi connectivity index (χ1) is 10.3. The molecule has 108 valence electrons. The molecule has 0 spiro atoms. The fraction of sp³-hybridized carbons (Fsp3) is 0.222. The summed E-state index contributed by atoms with van der Waals surface area (Å²) >= 11 is 0. The maximum atomic E-state index is 14.0. The van der Waals surface area contributed by atoms with E-state index in [1.54, 1.807) is 6.26 Å². The van der Waals surface area contributed by atoms with Crippen molar-refractivity contribution in [3.63, 3.8) is 0 Å². The molecule has 0 saturated carbocycles. The predicted molar refractivity (Wildman–Crippen MR) is 82.8 cm³/mol. The number of benzene rings is 2. The number of hydrogen-bond acceptors (Lipinski definition) is 2. The molecule has 1 unspecified atom stereocenters. The van der Waals surface area contributed by atoms with E-state index in [-0.39, 0.29) is 11.9 Å². The zero-order valence-electron chi connectivity index (χ0n) is 12.0. The largest absolute Gasteiger partial charge is 0.467 e. The van der Waals surface area contributed by atoms with E-state index in [0.29, 0.717) is 5.39 Å². The second kappa shape index (κ2) is 6.10. The molecule has 3 rings (SSSR count). The number of furan rings is 1. The van der Waals surface area contributed by atoms with E-state index in [1.807, 2.05) is 42.5 Å². The van der Waals surface area contributed by atoms with Crippen molar-refractivity contribution in [1.82, 2.24) is 5.32 Å². The highest BCUT2D eigenvalue weighted by atomic mass is 19.1. The average molecular weight is 283 g/mol. The Morgan fingerprint density at radius 1 is 1.05 bits per heavy atom. The molecule has 1 aromatic heterocycles. The summed E-state index contributed by atoms with van der Waals surface area (Å²) in [5.74, 6) is 0.656. The highest BCUT2D eigenvalue weighted by Gasteiger charge is 2.19. The van der Waals surface area contributed by atoms with E-state index in [9.17, 15) is 4.39 Å². The smallest absolute Gasteiger partial charge is 0.131 e. The van der Waals surface area contributed by atoms with Gasteiger partial charge in [-0.1, -0.05) is 37.3 Å². The maximum Gasteiger partial charge on any atom is 0.131 e. The van der Waals surface area contributed by atoms with Crippen molar-refractivity contribution >= 4 is 10.8 Å². The van der Waals surface area contributed by atoms with Crippen molar-refractivity contribution in [2.24, 2.45) is 0 Å². The van der Waals surface area contributed by atoms with Crippen LogP contribution in [-0.2, 0) is 0 Å². The SMILES string of the molecule is CCCNC(c1ccco1)c1ccc(F)c2ccccc12. The Bertz CT molecular complexity index is 721. The first-order valence-electron chi connectivity index (χ1n) is 7.25. The molecule has 0 aliphatic heterocycles. The quantitative estimate of drug-likeness (QED) is 0.736. The zero-order chi connectivity index (χ0) is 14.7. The predicted octanol–water partition coefficient (Wildman–Crippen LogP) is 4.66. The maximum absolute atomic E-state index is 14.0. The topological polar surface area (TPSA) is 25.2 Å². The van der Waals surface area contributed by atoms with Gasteiger partial charge in [-0.15, -0.1) is 0 Å². The van der Waals surface area contributed by atoms with Gasteiger partial charge < -0.3 is 9.73 Å². The van der Waals surface area contributed by atoms with E-state index in [4.69, 9.17) is 4.42 Å². The van der Waals surface area contributed by atoms with Crippen LogP contribution >= 0.6 is 0 Å². The van der Waals surface area contributed by atoms with Gasteiger partial charge in [0.2, 0.25) is 0 Å². The Balaban J connectivity index is 2.13. The lowest BCUT2D eigenvalue weighted by molar-refractivity contribution is 0.448. The molecule has 0 amide bonds. The van der Waals surface area contributed by atoms with Crippen LogP contribution in [0.2, 0.25) is 0 Å². The second-order valence-corrected chi connectivity index (χ2v) is 5.08. The second-order valence-electron chi connectivity index (χ2n) is 5.08. The fourth-order valence-electron chi connectivity index (χ4n) is 2.65. The number of fused-ring (bicyclic) bond motifs is 1. The summed E-state index contributed by atoms with van der Waals surface area (Å²) in [5.41, 5.74) is 1.04. The third-order valence-electron chi connectivity index (χ3n) is 3.64. The third-order valence-corrected chi connectivity index (χ3v) is 3.64.